The second-order valence-electron chi connectivity index (χ2n) is 8.45. The van der Waals surface area contributed by atoms with Crippen molar-refractivity contribution in [1.29, 1.82) is 0 Å². The fourth-order valence-corrected chi connectivity index (χ4v) is 3.82. The van der Waals surface area contributed by atoms with Crippen LogP contribution in [0.1, 0.15) is 121 Å². The van der Waals surface area contributed by atoms with Crippen LogP contribution in [0.4, 0.5) is 0 Å². The van der Waals surface area contributed by atoms with E-state index in [2.05, 4.69) is 12.2 Å². The third-order valence-electron chi connectivity index (χ3n) is 5.69. The lowest BCUT2D eigenvalue weighted by atomic mass is 10.0. The van der Waals surface area contributed by atoms with Gasteiger partial charge in [0.1, 0.15) is 0 Å². The van der Waals surface area contributed by atoms with Gasteiger partial charge in [-0.2, -0.15) is 0 Å². The molecule has 2 N–H and O–H groups in total. The van der Waals surface area contributed by atoms with Crippen molar-refractivity contribution in [2.75, 3.05) is 0 Å². The summed E-state index contributed by atoms with van der Waals surface area (Å²) in [5.41, 5.74) is 0.606. The average Bonchev–Trinajstić information content (AvgIpc) is 2.75. The lowest BCUT2D eigenvalue weighted by molar-refractivity contribution is -0.142. The van der Waals surface area contributed by atoms with Crippen LogP contribution in [0, 0.1) is 0 Å². The highest BCUT2D eigenvalue weighted by Crippen LogP contribution is 2.15. The lowest BCUT2D eigenvalue weighted by Gasteiger charge is -2.14. The summed E-state index contributed by atoms with van der Waals surface area (Å²) in [4.78, 5) is 23.5. The van der Waals surface area contributed by atoms with Crippen LogP contribution < -0.4 is 5.32 Å². The van der Waals surface area contributed by atoms with Gasteiger partial charge in [0.15, 0.2) is 6.04 Å². The molecule has 0 aliphatic heterocycles. The summed E-state index contributed by atoms with van der Waals surface area (Å²) in [6.45, 7) is 2.26. The quantitative estimate of drug-likeness (QED) is 0.234. The molecular formula is C26H43NO3. The van der Waals surface area contributed by atoms with Gasteiger partial charge in [-0.1, -0.05) is 127 Å². The zero-order valence-corrected chi connectivity index (χ0v) is 19.0. The Morgan fingerprint density at radius 1 is 0.733 bits per heavy atom. The first-order valence-electron chi connectivity index (χ1n) is 12.2. The van der Waals surface area contributed by atoms with E-state index in [1.807, 2.05) is 6.07 Å². The van der Waals surface area contributed by atoms with Crippen LogP contribution in [0.3, 0.4) is 0 Å². The maximum Gasteiger partial charge on any atom is 0.330 e. The highest BCUT2D eigenvalue weighted by Gasteiger charge is 2.21. The van der Waals surface area contributed by atoms with Gasteiger partial charge in [0.25, 0.3) is 0 Å². The highest BCUT2D eigenvalue weighted by atomic mass is 16.4. The van der Waals surface area contributed by atoms with Crippen LogP contribution in [0.15, 0.2) is 30.3 Å². The molecule has 4 nitrogen and oxygen atoms in total. The van der Waals surface area contributed by atoms with Gasteiger partial charge in [0.05, 0.1) is 0 Å². The van der Waals surface area contributed by atoms with Crippen LogP contribution in [-0.2, 0) is 9.59 Å². The number of aliphatic carboxylic acids is 1. The smallest absolute Gasteiger partial charge is 0.330 e. The van der Waals surface area contributed by atoms with Crippen LogP contribution in [-0.4, -0.2) is 17.0 Å². The number of carbonyl (C=O) groups excluding carboxylic acids is 1. The Kier molecular flexibility index (Phi) is 15.7. The van der Waals surface area contributed by atoms with Crippen LogP contribution >= 0.6 is 0 Å². The molecule has 1 rings (SSSR count). The first-order valence-corrected chi connectivity index (χ1v) is 12.2. The summed E-state index contributed by atoms with van der Waals surface area (Å²) in [5.74, 6) is -1.20. The van der Waals surface area contributed by atoms with E-state index in [0.717, 1.165) is 19.3 Å². The monoisotopic (exact) mass is 417 g/mol. The molecule has 4 heteroatoms. The standard InChI is InChI=1S/C26H43NO3/c1-2-3-4-5-6-7-8-9-10-11-12-13-14-15-19-22-24(28)27-25(26(29)30)23-20-17-16-18-21-23/h16-18,20-21,25H,2-15,19,22H2,1H3,(H,27,28)(H,29,30). The topological polar surface area (TPSA) is 66.4 Å². The first-order chi connectivity index (χ1) is 14.6. The van der Waals surface area contributed by atoms with E-state index in [4.69, 9.17) is 0 Å². The molecule has 0 spiro atoms. The van der Waals surface area contributed by atoms with Gasteiger partial charge in [-0.05, 0) is 12.0 Å². The van der Waals surface area contributed by atoms with Gasteiger partial charge in [0.2, 0.25) is 5.91 Å². The molecule has 1 atom stereocenters. The zero-order valence-electron chi connectivity index (χ0n) is 19.0. The van der Waals surface area contributed by atoms with E-state index in [1.54, 1.807) is 24.3 Å². The van der Waals surface area contributed by atoms with E-state index in [-0.39, 0.29) is 5.91 Å². The van der Waals surface area contributed by atoms with Crippen molar-refractivity contribution in [3.8, 4) is 0 Å². The Morgan fingerprint density at radius 3 is 1.60 bits per heavy atom. The maximum absolute atomic E-state index is 12.1. The van der Waals surface area contributed by atoms with E-state index >= 15 is 0 Å². The number of unbranched alkanes of at least 4 members (excludes halogenated alkanes) is 14. The number of hydrogen-bond acceptors (Lipinski definition) is 2. The largest absolute Gasteiger partial charge is 0.479 e. The SMILES string of the molecule is CCCCCCCCCCCCCCCCCC(=O)NC(C(=O)O)c1ccccc1. The third kappa shape index (κ3) is 13.4. The van der Waals surface area contributed by atoms with Gasteiger partial charge in [-0.3, -0.25) is 4.79 Å². The molecule has 0 saturated carbocycles. The van der Waals surface area contributed by atoms with Crippen LogP contribution in [0.5, 0.6) is 0 Å². The summed E-state index contributed by atoms with van der Waals surface area (Å²) < 4.78 is 0. The molecule has 0 saturated heterocycles. The van der Waals surface area contributed by atoms with Crippen molar-refractivity contribution < 1.29 is 14.7 Å². The molecule has 0 fully saturated rings. The molecule has 170 valence electrons. The minimum Gasteiger partial charge on any atom is -0.479 e. The predicted molar refractivity (Wildman–Crippen MR) is 125 cm³/mol. The highest BCUT2D eigenvalue weighted by molar-refractivity contribution is 5.84. The minimum atomic E-state index is -1.02. The minimum absolute atomic E-state index is 0.180. The summed E-state index contributed by atoms with van der Waals surface area (Å²) in [5, 5.41) is 12.0. The van der Waals surface area contributed by atoms with E-state index in [9.17, 15) is 14.7 Å². The Bertz CT molecular complexity index is 559. The van der Waals surface area contributed by atoms with Crippen molar-refractivity contribution in [3.05, 3.63) is 35.9 Å². The second kappa shape index (κ2) is 18.0. The molecule has 1 amide bonds. The van der Waals surface area contributed by atoms with Crippen molar-refractivity contribution in [2.24, 2.45) is 0 Å². The van der Waals surface area contributed by atoms with Crippen molar-refractivity contribution >= 4 is 11.9 Å². The van der Waals surface area contributed by atoms with E-state index in [1.165, 1.54) is 77.0 Å². The number of hydrogen-bond donors (Lipinski definition) is 2. The fraction of sp³-hybridized carbons (Fsp3) is 0.692. The van der Waals surface area contributed by atoms with Crippen molar-refractivity contribution in [2.45, 2.75) is 116 Å². The van der Waals surface area contributed by atoms with Gasteiger partial charge < -0.3 is 10.4 Å². The Balaban J connectivity index is 1.95. The number of carboxylic acid groups (broad SMARTS) is 1. The summed E-state index contributed by atoms with van der Waals surface area (Å²) in [6, 6.07) is 7.90. The average molecular weight is 418 g/mol. The summed E-state index contributed by atoms with van der Waals surface area (Å²) >= 11 is 0. The van der Waals surface area contributed by atoms with Crippen molar-refractivity contribution in [3.63, 3.8) is 0 Å². The number of benzene rings is 1. The molecule has 0 bridgehead atoms. The van der Waals surface area contributed by atoms with Gasteiger partial charge in [-0.15, -0.1) is 0 Å². The fourth-order valence-electron chi connectivity index (χ4n) is 3.82. The summed E-state index contributed by atoms with van der Waals surface area (Å²) in [7, 11) is 0. The molecule has 0 aliphatic rings. The maximum atomic E-state index is 12.1. The number of nitrogens with one attached hydrogen (secondary N) is 1. The molecule has 30 heavy (non-hydrogen) atoms. The van der Waals surface area contributed by atoms with Crippen LogP contribution in [0.25, 0.3) is 0 Å². The zero-order chi connectivity index (χ0) is 21.9. The Hall–Kier alpha value is -1.84. The second-order valence-corrected chi connectivity index (χ2v) is 8.45. The molecule has 0 aromatic heterocycles. The van der Waals surface area contributed by atoms with Gasteiger partial charge in [-0.25, -0.2) is 4.79 Å². The number of rotatable bonds is 19. The number of carbonyl (C=O) groups is 2. The Morgan fingerprint density at radius 2 is 1.17 bits per heavy atom. The molecular weight excluding hydrogens is 374 g/mol. The third-order valence-corrected chi connectivity index (χ3v) is 5.69. The normalized spacial score (nSPS) is 11.9. The van der Waals surface area contributed by atoms with E-state index in [0.29, 0.717) is 12.0 Å². The van der Waals surface area contributed by atoms with Gasteiger partial charge in [0, 0.05) is 6.42 Å². The van der Waals surface area contributed by atoms with Gasteiger partial charge >= 0.3 is 5.97 Å². The first kappa shape index (κ1) is 26.2. The molecule has 1 aromatic rings. The number of amides is 1. The molecule has 1 unspecified atom stereocenters. The molecule has 0 aliphatic carbocycles. The molecule has 0 heterocycles. The van der Waals surface area contributed by atoms with E-state index < -0.39 is 12.0 Å². The molecule has 1 aromatic carbocycles. The summed E-state index contributed by atoms with van der Waals surface area (Å²) in [6.07, 6.45) is 19.7. The predicted octanol–water partition coefficient (Wildman–Crippen LogP) is 7.19. The van der Waals surface area contributed by atoms with Crippen LogP contribution in [0.2, 0.25) is 0 Å². The lowest BCUT2D eigenvalue weighted by Crippen LogP contribution is -2.33. The number of carboxylic acids is 1. The Labute approximate surface area is 183 Å². The molecule has 0 radical (unpaired) electrons. The van der Waals surface area contributed by atoms with Crippen molar-refractivity contribution in [1.82, 2.24) is 5.32 Å².